The molecule has 2 aromatic rings. The van der Waals surface area contributed by atoms with Gasteiger partial charge in [0, 0.05) is 6.20 Å². The summed E-state index contributed by atoms with van der Waals surface area (Å²) < 4.78 is 1.45. The second-order valence-electron chi connectivity index (χ2n) is 2.61. The molecule has 5 nitrogen and oxygen atoms in total. The molecule has 0 aliphatic rings. The summed E-state index contributed by atoms with van der Waals surface area (Å²) in [7, 11) is 0. The molecule has 0 spiro atoms. The van der Waals surface area contributed by atoms with Crippen LogP contribution in [0, 0.1) is 11.3 Å². The highest BCUT2D eigenvalue weighted by Crippen LogP contribution is 2.09. The van der Waals surface area contributed by atoms with E-state index in [2.05, 4.69) is 10.2 Å². The molecule has 0 aromatic carbocycles. The van der Waals surface area contributed by atoms with Crippen LogP contribution in [0.4, 0.5) is 0 Å². The molecule has 64 valence electrons. The molecule has 0 amide bonds. The Morgan fingerprint density at radius 1 is 1.62 bits per heavy atom. The second-order valence-corrected chi connectivity index (χ2v) is 2.61. The average molecular weight is 173 g/mol. The Hall–Kier alpha value is -1.93. The van der Waals surface area contributed by atoms with Gasteiger partial charge in [0.05, 0.1) is 17.3 Å². The fourth-order valence-corrected chi connectivity index (χ4v) is 1.07. The highest BCUT2D eigenvalue weighted by Gasteiger charge is 2.08. The summed E-state index contributed by atoms with van der Waals surface area (Å²) in [4.78, 5) is 0. The van der Waals surface area contributed by atoms with Crippen LogP contribution in [0.1, 0.15) is 11.7 Å². The van der Waals surface area contributed by atoms with Crippen LogP contribution in [0.2, 0.25) is 0 Å². The van der Waals surface area contributed by atoms with Crippen LogP contribution in [0.25, 0.3) is 5.52 Å². The van der Waals surface area contributed by atoms with Crippen LogP contribution < -0.4 is 5.73 Å². The molecule has 2 rings (SSSR count). The third-order valence-corrected chi connectivity index (χ3v) is 1.72. The first-order valence-electron chi connectivity index (χ1n) is 3.77. The fraction of sp³-hybridized carbons (Fsp3) is 0.125. The molecule has 0 saturated carbocycles. The molecule has 0 radical (unpaired) electrons. The van der Waals surface area contributed by atoms with Crippen LogP contribution in [0.3, 0.4) is 0 Å². The van der Waals surface area contributed by atoms with Gasteiger partial charge in [-0.2, -0.15) is 20.1 Å². The van der Waals surface area contributed by atoms with Crippen LogP contribution in [0.15, 0.2) is 24.4 Å². The molecule has 0 fully saturated rings. The van der Waals surface area contributed by atoms with Crippen molar-refractivity contribution >= 4 is 5.52 Å². The minimum atomic E-state index is -0.679. The Morgan fingerprint density at radius 3 is 3.15 bits per heavy atom. The Morgan fingerprint density at radius 2 is 2.46 bits per heavy atom. The zero-order chi connectivity index (χ0) is 9.26. The van der Waals surface area contributed by atoms with Gasteiger partial charge in [-0.15, -0.1) is 0 Å². The molecular formula is C8H7N5. The van der Waals surface area contributed by atoms with Gasteiger partial charge in [-0.1, -0.05) is 0 Å². The maximum atomic E-state index is 8.57. The summed E-state index contributed by atoms with van der Waals surface area (Å²) in [5, 5.41) is 16.6. The number of rotatable bonds is 1. The maximum Gasteiger partial charge on any atom is 0.137 e. The zero-order valence-electron chi connectivity index (χ0n) is 6.75. The lowest BCUT2D eigenvalue weighted by atomic mass is 10.2. The fourth-order valence-electron chi connectivity index (χ4n) is 1.07. The highest BCUT2D eigenvalue weighted by molar-refractivity contribution is 5.46. The lowest BCUT2D eigenvalue weighted by Crippen LogP contribution is -2.08. The van der Waals surface area contributed by atoms with E-state index in [4.69, 9.17) is 11.0 Å². The third kappa shape index (κ3) is 1.23. The Bertz CT molecular complexity index is 434. The van der Waals surface area contributed by atoms with Gasteiger partial charge in [0.25, 0.3) is 0 Å². The zero-order valence-corrected chi connectivity index (χ0v) is 6.75. The van der Waals surface area contributed by atoms with Crippen LogP contribution in [-0.4, -0.2) is 14.8 Å². The number of nitrogens with zero attached hydrogens (tertiary/aromatic N) is 4. The number of nitrogens with two attached hydrogens (primary N) is 1. The van der Waals surface area contributed by atoms with E-state index in [9.17, 15) is 0 Å². The normalized spacial score (nSPS) is 12.6. The lowest BCUT2D eigenvalue weighted by molar-refractivity contribution is 0.751. The van der Waals surface area contributed by atoms with Gasteiger partial charge in [0.15, 0.2) is 0 Å². The van der Waals surface area contributed by atoms with E-state index in [1.165, 1.54) is 4.63 Å². The number of fused-ring (bicyclic) bond motifs is 1. The van der Waals surface area contributed by atoms with Crippen molar-refractivity contribution in [1.82, 2.24) is 14.8 Å². The summed E-state index contributed by atoms with van der Waals surface area (Å²) in [6, 6.07) is 6.65. The predicted molar refractivity (Wildman–Crippen MR) is 45.5 cm³/mol. The Balaban J connectivity index is 2.57. The summed E-state index contributed by atoms with van der Waals surface area (Å²) >= 11 is 0. The molecule has 0 aliphatic carbocycles. The maximum absolute atomic E-state index is 8.57. The van der Waals surface area contributed by atoms with Crippen molar-refractivity contribution in [2.45, 2.75) is 6.04 Å². The number of hydrogen-bond acceptors (Lipinski definition) is 4. The third-order valence-electron chi connectivity index (χ3n) is 1.72. The minimum absolute atomic E-state index is 0.543. The van der Waals surface area contributed by atoms with E-state index in [0.29, 0.717) is 5.69 Å². The van der Waals surface area contributed by atoms with Crippen molar-refractivity contribution in [2.24, 2.45) is 5.73 Å². The largest absolute Gasteiger partial charge is 0.311 e. The summed E-state index contributed by atoms with van der Waals surface area (Å²) in [5.41, 5.74) is 6.87. The molecule has 13 heavy (non-hydrogen) atoms. The molecule has 2 heterocycles. The van der Waals surface area contributed by atoms with E-state index in [1.807, 2.05) is 12.1 Å². The monoisotopic (exact) mass is 173 g/mol. The van der Waals surface area contributed by atoms with Crippen molar-refractivity contribution in [3.8, 4) is 6.07 Å². The molecule has 1 unspecified atom stereocenters. The van der Waals surface area contributed by atoms with Crippen LogP contribution in [-0.2, 0) is 0 Å². The standard InChI is InChI=1S/C8H7N5/c9-5-7(10)8-4-6-2-1-3-11-13(6)12-8/h1-4,7H,10H2. The van der Waals surface area contributed by atoms with Crippen molar-refractivity contribution in [2.75, 3.05) is 0 Å². The molecule has 0 aliphatic heterocycles. The summed E-state index contributed by atoms with van der Waals surface area (Å²) in [6.07, 6.45) is 1.63. The van der Waals surface area contributed by atoms with E-state index < -0.39 is 6.04 Å². The minimum Gasteiger partial charge on any atom is -0.311 e. The predicted octanol–water partition coefficient (Wildman–Crippen LogP) is 0.253. The molecular weight excluding hydrogens is 166 g/mol. The van der Waals surface area contributed by atoms with Crippen LogP contribution >= 0.6 is 0 Å². The first-order valence-corrected chi connectivity index (χ1v) is 3.77. The molecule has 2 aromatic heterocycles. The first-order chi connectivity index (χ1) is 6.31. The van der Waals surface area contributed by atoms with Gasteiger partial charge >= 0.3 is 0 Å². The van der Waals surface area contributed by atoms with Gasteiger partial charge in [-0.25, -0.2) is 0 Å². The number of aromatic nitrogens is 3. The molecule has 2 N–H and O–H groups in total. The van der Waals surface area contributed by atoms with E-state index in [1.54, 1.807) is 18.3 Å². The molecule has 5 heteroatoms. The quantitative estimate of drug-likeness (QED) is 0.670. The molecule has 1 atom stereocenters. The highest BCUT2D eigenvalue weighted by atomic mass is 15.4. The van der Waals surface area contributed by atoms with E-state index in [-0.39, 0.29) is 0 Å². The van der Waals surface area contributed by atoms with Gasteiger partial charge in [0.1, 0.15) is 6.04 Å². The van der Waals surface area contributed by atoms with Crippen molar-refractivity contribution in [3.63, 3.8) is 0 Å². The molecule has 0 saturated heterocycles. The van der Waals surface area contributed by atoms with Crippen molar-refractivity contribution < 1.29 is 0 Å². The van der Waals surface area contributed by atoms with Gasteiger partial charge in [0.2, 0.25) is 0 Å². The van der Waals surface area contributed by atoms with E-state index in [0.717, 1.165) is 5.52 Å². The Kier molecular flexibility index (Phi) is 1.69. The van der Waals surface area contributed by atoms with Gasteiger partial charge < -0.3 is 5.73 Å². The van der Waals surface area contributed by atoms with Crippen molar-refractivity contribution in [1.29, 1.82) is 5.26 Å². The van der Waals surface area contributed by atoms with Gasteiger partial charge in [-0.05, 0) is 18.2 Å². The topological polar surface area (TPSA) is 80.0 Å². The second kappa shape index (κ2) is 2.84. The number of nitriles is 1. The van der Waals surface area contributed by atoms with Crippen molar-refractivity contribution in [3.05, 3.63) is 30.1 Å². The average Bonchev–Trinajstić information content (AvgIpc) is 2.59. The van der Waals surface area contributed by atoms with E-state index >= 15 is 0 Å². The first kappa shape index (κ1) is 7.71. The lowest BCUT2D eigenvalue weighted by Gasteiger charge is -1.92. The Labute approximate surface area is 74.4 Å². The summed E-state index contributed by atoms with van der Waals surface area (Å²) in [5.74, 6) is 0. The number of hydrogen-bond donors (Lipinski definition) is 1. The van der Waals surface area contributed by atoms with Crippen LogP contribution in [0.5, 0.6) is 0 Å². The SMILES string of the molecule is N#CC(N)c1cc2cccnn2n1. The smallest absolute Gasteiger partial charge is 0.137 e. The summed E-state index contributed by atoms with van der Waals surface area (Å²) in [6.45, 7) is 0. The van der Waals surface area contributed by atoms with Gasteiger partial charge in [-0.3, -0.25) is 0 Å². The molecule has 0 bridgehead atoms.